The Labute approximate surface area is 91.4 Å². The molecule has 0 amide bonds. The molecule has 1 aromatic carbocycles. The smallest absolute Gasteiger partial charge is 0.0369 e. The molecule has 1 heterocycles. The molecule has 0 aromatic heterocycles. The molecular formula is C13H18N2. The monoisotopic (exact) mass is 202 g/mol. The number of nitrogens with zero attached hydrogens (tertiary/aromatic N) is 1. The van der Waals surface area contributed by atoms with Crippen LogP contribution < -0.4 is 10.6 Å². The molecule has 80 valence electrons. The van der Waals surface area contributed by atoms with Gasteiger partial charge in [0.1, 0.15) is 0 Å². The van der Waals surface area contributed by atoms with Gasteiger partial charge in [-0.15, -0.1) is 0 Å². The molecule has 0 fully saturated rings. The molecule has 2 nitrogen and oxygen atoms in total. The average Bonchev–Trinajstić information content (AvgIpc) is 2.30. The molecule has 0 saturated carbocycles. The molecule has 0 unspecified atom stereocenters. The molecule has 0 bridgehead atoms. The number of hydrogen-bond donors (Lipinski definition) is 1. The first-order chi connectivity index (χ1) is 7.29. The fourth-order valence-corrected chi connectivity index (χ4v) is 1.85. The Morgan fingerprint density at radius 2 is 2.00 bits per heavy atom. The van der Waals surface area contributed by atoms with Gasteiger partial charge in [0.15, 0.2) is 0 Å². The number of anilines is 1. The summed E-state index contributed by atoms with van der Waals surface area (Å²) in [6.45, 7) is 4.99. The van der Waals surface area contributed by atoms with Crippen LogP contribution in [0.4, 0.5) is 5.69 Å². The van der Waals surface area contributed by atoms with Crippen LogP contribution in [-0.2, 0) is 6.54 Å². The summed E-state index contributed by atoms with van der Waals surface area (Å²) in [5, 5.41) is 0. The SMILES string of the molecule is CC1=CCN(c2ccc(CN)cc2)CC1. The van der Waals surface area contributed by atoms with Crippen LogP contribution >= 0.6 is 0 Å². The lowest BCUT2D eigenvalue weighted by molar-refractivity contribution is 0.787. The number of hydrogen-bond acceptors (Lipinski definition) is 2. The van der Waals surface area contributed by atoms with E-state index >= 15 is 0 Å². The Balaban J connectivity index is 2.10. The molecule has 2 heteroatoms. The highest BCUT2D eigenvalue weighted by Crippen LogP contribution is 2.19. The first kappa shape index (κ1) is 10.2. The minimum Gasteiger partial charge on any atom is -0.367 e. The van der Waals surface area contributed by atoms with Crippen LogP contribution in [0.25, 0.3) is 0 Å². The molecule has 0 atom stereocenters. The van der Waals surface area contributed by atoms with Crippen LogP contribution in [0.1, 0.15) is 18.9 Å². The van der Waals surface area contributed by atoms with Gasteiger partial charge in [0.2, 0.25) is 0 Å². The van der Waals surface area contributed by atoms with Crippen molar-refractivity contribution in [2.24, 2.45) is 5.73 Å². The van der Waals surface area contributed by atoms with E-state index < -0.39 is 0 Å². The Morgan fingerprint density at radius 1 is 1.27 bits per heavy atom. The van der Waals surface area contributed by atoms with Crippen molar-refractivity contribution in [1.82, 2.24) is 0 Å². The van der Waals surface area contributed by atoms with Gasteiger partial charge in [0, 0.05) is 25.3 Å². The first-order valence-electron chi connectivity index (χ1n) is 5.49. The highest BCUT2D eigenvalue weighted by atomic mass is 15.1. The third-order valence-corrected chi connectivity index (χ3v) is 2.97. The highest BCUT2D eigenvalue weighted by molar-refractivity contribution is 5.49. The normalized spacial score (nSPS) is 16.4. The third kappa shape index (κ3) is 2.39. The topological polar surface area (TPSA) is 29.3 Å². The lowest BCUT2D eigenvalue weighted by Gasteiger charge is -2.27. The summed E-state index contributed by atoms with van der Waals surface area (Å²) < 4.78 is 0. The van der Waals surface area contributed by atoms with Gasteiger partial charge in [-0.25, -0.2) is 0 Å². The van der Waals surface area contributed by atoms with E-state index in [4.69, 9.17) is 5.73 Å². The standard InChI is InChI=1S/C13H18N2/c1-11-6-8-15(9-7-11)13-4-2-12(10-14)3-5-13/h2-6H,7-10,14H2,1H3. The summed E-state index contributed by atoms with van der Waals surface area (Å²) in [6, 6.07) is 8.55. The molecule has 0 saturated heterocycles. The second kappa shape index (κ2) is 4.49. The van der Waals surface area contributed by atoms with Crippen LogP contribution in [0.2, 0.25) is 0 Å². The summed E-state index contributed by atoms with van der Waals surface area (Å²) in [6.07, 6.45) is 3.49. The van der Waals surface area contributed by atoms with E-state index in [1.54, 1.807) is 0 Å². The van der Waals surface area contributed by atoms with Crippen LogP contribution in [0, 0.1) is 0 Å². The highest BCUT2D eigenvalue weighted by Gasteiger charge is 2.09. The Bertz CT molecular complexity index is 351. The lowest BCUT2D eigenvalue weighted by Crippen LogP contribution is -2.27. The Morgan fingerprint density at radius 3 is 2.53 bits per heavy atom. The van der Waals surface area contributed by atoms with Crippen molar-refractivity contribution in [3.05, 3.63) is 41.5 Å². The molecule has 1 aliphatic rings. The van der Waals surface area contributed by atoms with E-state index in [1.807, 2.05) is 0 Å². The van der Waals surface area contributed by atoms with Crippen molar-refractivity contribution in [2.75, 3.05) is 18.0 Å². The quantitative estimate of drug-likeness (QED) is 0.746. The van der Waals surface area contributed by atoms with Gasteiger partial charge in [0.05, 0.1) is 0 Å². The van der Waals surface area contributed by atoms with Crippen LogP contribution in [0.15, 0.2) is 35.9 Å². The number of benzene rings is 1. The molecule has 1 aromatic rings. The van der Waals surface area contributed by atoms with Crippen molar-refractivity contribution in [2.45, 2.75) is 19.9 Å². The minimum absolute atomic E-state index is 0.624. The second-order valence-corrected chi connectivity index (χ2v) is 4.12. The van der Waals surface area contributed by atoms with Crippen LogP contribution in [-0.4, -0.2) is 13.1 Å². The molecule has 0 aliphatic carbocycles. The predicted molar refractivity (Wildman–Crippen MR) is 64.9 cm³/mol. The van der Waals surface area contributed by atoms with Crippen molar-refractivity contribution < 1.29 is 0 Å². The maximum Gasteiger partial charge on any atom is 0.0369 e. The van der Waals surface area contributed by atoms with Gasteiger partial charge in [0.25, 0.3) is 0 Å². The number of nitrogens with two attached hydrogens (primary N) is 1. The van der Waals surface area contributed by atoms with E-state index in [9.17, 15) is 0 Å². The van der Waals surface area contributed by atoms with E-state index in [1.165, 1.54) is 23.2 Å². The summed E-state index contributed by atoms with van der Waals surface area (Å²) in [5.74, 6) is 0. The summed E-state index contributed by atoms with van der Waals surface area (Å²) >= 11 is 0. The third-order valence-electron chi connectivity index (χ3n) is 2.97. The lowest BCUT2D eigenvalue weighted by atomic mass is 10.1. The van der Waals surface area contributed by atoms with Gasteiger partial charge < -0.3 is 10.6 Å². The zero-order chi connectivity index (χ0) is 10.7. The molecule has 2 rings (SSSR count). The van der Waals surface area contributed by atoms with Gasteiger partial charge in [-0.3, -0.25) is 0 Å². The van der Waals surface area contributed by atoms with Gasteiger partial charge in [-0.05, 0) is 31.0 Å². The fraction of sp³-hybridized carbons (Fsp3) is 0.385. The maximum atomic E-state index is 5.57. The largest absolute Gasteiger partial charge is 0.367 e. The molecule has 15 heavy (non-hydrogen) atoms. The Kier molecular flexibility index (Phi) is 3.07. The Hall–Kier alpha value is -1.28. The van der Waals surface area contributed by atoms with E-state index in [-0.39, 0.29) is 0 Å². The summed E-state index contributed by atoms with van der Waals surface area (Å²) in [5.41, 5.74) is 9.58. The number of rotatable bonds is 2. The van der Waals surface area contributed by atoms with Crippen molar-refractivity contribution in [1.29, 1.82) is 0 Å². The van der Waals surface area contributed by atoms with Crippen molar-refractivity contribution in [3.63, 3.8) is 0 Å². The molecule has 0 radical (unpaired) electrons. The van der Waals surface area contributed by atoms with Crippen molar-refractivity contribution in [3.8, 4) is 0 Å². The average molecular weight is 202 g/mol. The van der Waals surface area contributed by atoms with E-state index in [0.29, 0.717) is 6.54 Å². The summed E-state index contributed by atoms with van der Waals surface area (Å²) in [7, 11) is 0. The predicted octanol–water partition coefficient (Wildman–Crippen LogP) is 2.30. The van der Waals surface area contributed by atoms with Crippen LogP contribution in [0.5, 0.6) is 0 Å². The van der Waals surface area contributed by atoms with Crippen molar-refractivity contribution >= 4 is 5.69 Å². The van der Waals surface area contributed by atoms with Gasteiger partial charge in [-0.2, -0.15) is 0 Å². The molecular weight excluding hydrogens is 184 g/mol. The fourth-order valence-electron chi connectivity index (χ4n) is 1.85. The molecule has 0 spiro atoms. The molecule has 1 aliphatic heterocycles. The second-order valence-electron chi connectivity index (χ2n) is 4.12. The first-order valence-corrected chi connectivity index (χ1v) is 5.49. The van der Waals surface area contributed by atoms with Gasteiger partial charge >= 0.3 is 0 Å². The minimum atomic E-state index is 0.624. The van der Waals surface area contributed by atoms with E-state index in [0.717, 1.165) is 13.1 Å². The maximum absolute atomic E-state index is 5.57. The van der Waals surface area contributed by atoms with Crippen LogP contribution in [0.3, 0.4) is 0 Å². The van der Waals surface area contributed by atoms with E-state index in [2.05, 4.69) is 42.2 Å². The van der Waals surface area contributed by atoms with Gasteiger partial charge in [-0.1, -0.05) is 23.8 Å². The molecule has 2 N–H and O–H groups in total. The zero-order valence-electron chi connectivity index (χ0n) is 9.24. The zero-order valence-corrected chi connectivity index (χ0v) is 9.24. The summed E-state index contributed by atoms with van der Waals surface area (Å²) in [4.78, 5) is 2.40.